The zero-order valence-corrected chi connectivity index (χ0v) is 27.4. The normalized spacial score (nSPS) is 16.8. The topological polar surface area (TPSA) is 82.1 Å². The summed E-state index contributed by atoms with van der Waals surface area (Å²) in [6, 6.07) is 36.6. The minimum Gasteiger partial charge on any atom is -0.423 e. The van der Waals surface area contributed by atoms with E-state index in [9.17, 15) is 9.59 Å². The molecule has 0 N–H and O–H groups in total. The van der Waals surface area contributed by atoms with Crippen molar-refractivity contribution in [3.05, 3.63) is 144 Å². The Morgan fingerprint density at radius 1 is 0.816 bits per heavy atom. The van der Waals surface area contributed by atoms with E-state index in [1.165, 1.54) is 39.5 Å². The summed E-state index contributed by atoms with van der Waals surface area (Å²) in [4.78, 5) is 40.9. The molecule has 0 spiro atoms. The van der Waals surface area contributed by atoms with Crippen molar-refractivity contribution in [1.82, 2.24) is 19.8 Å². The molecule has 1 aromatic heterocycles. The summed E-state index contributed by atoms with van der Waals surface area (Å²) in [7, 11) is 1.56. The zero-order chi connectivity index (χ0) is 34.0. The Morgan fingerprint density at radius 3 is 1.84 bits per heavy atom. The Hall–Kier alpha value is -5.61. The van der Waals surface area contributed by atoms with Crippen molar-refractivity contribution in [3.8, 4) is 11.1 Å². The molecule has 4 aromatic carbocycles. The van der Waals surface area contributed by atoms with Crippen LogP contribution >= 0.6 is 0 Å². The lowest BCUT2D eigenvalue weighted by Crippen LogP contribution is -2.57. The molecule has 0 saturated carbocycles. The monoisotopic (exact) mass is 656 g/mol. The predicted molar refractivity (Wildman–Crippen MR) is 186 cm³/mol. The van der Waals surface area contributed by atoms with Gasteiger partial charge in [0.1, 0.15) is 5.82 Å². The number of amides is 2. The molecular weight excluding hydrogens is 619 g/mol. The molecule has 2 aliphatic rings. The van der Waals surface area contributed by atoms with Crippen LogP contribution in [0.4, 0.5) is 20.8 Å². The number of benzene rings is 4. The number of nitrogens with zero attached hydrogens (tertiary/aromatic N) is 6. The highest BCUT2D eigenvalue weighted by Gasteiger charge is 2.43. The molecule has 9 nitrogen and oxygen atoms in total. The molecule has 0 unspecified atom stereocenters. The Morgan fingerprint density at radius 2 is 1.35 bits per heavy atom. The van der Waals surface area contributed by atoms with Crippen molar-refractivity contribution >= 4 is 23.6 Å². The minimum absolute atomic E-state index is 0.113. The summed E-state index contributed by atoms with van der Waals surface area (Å²) in [6.45, 7) is 4.46. The number of anilines is 2. The highest BCUT2D eigenvalue weighted by atomic mass is 19.1. The van der Waals surface area contributed by atoms with Crippen molar-refractivity contribution < 1.29 is 18.7 Å². The number of rotatable bonds is 8. The number of carbonyl (C=O) groups excluding carboxylic acids is 2. The van der Waals surface area contributed by atoms with Gasteiger partial charge in [0.25, 0.3) is 0 Å². The van der Waals surface area contributed by atoms with Gasteiger partial charge in [0.15, 0.2) is 6.23 Å². The van der Waals surface area contributed by atoms with Gasteiger partial charge in [0, 0.05) is 63.7 Å². The van der Waals surface area contributed by atoms with Crippen molar-refractivity contribution in [3.63, 3.8) is 0 Å². The first-order chi connectivity index (χ1) is 23.9. The van der Waals surface area contributed by atoms with Crippen LogP contribution in [0.15, 0.2) is 122 Å². The standard InChI is InChI=1S/C39H37FN6O3/c1-28(47)43(2)36-27-46(38(48)49-36)33-18-19-34(35(40)24-33)29-25-41-37(42-26-29)44-20-22-45(23-21-44)39(30-12-6-3-7-13-30,31-14-8-4-9-15-31)32-16-10-5-11-17-32/h3-19,24-26,36H,20-23,27H2,1-2H3/t36-/m0/s1. The first-order valence-electron chi connectivity index (χ1n) is 16.4. The first-order valence-corrected chi connectivity index (χ1v) is 16.4. The maximum atomic E-state index is 15.4. The predicted octanol–water partition coefficient (Wildman–Crippen LogP) is 6.16. The summed E-state index contributed by atoms with van der Waals surface area (Å²) < 4.78 is 20.7. The number of hydrogen-bond donors (Lipinski definition) is 0. The van der Waals surface area contributed by atoms with Gasteiger partial charge in [0.2, 0.25) is 11.9 Å². The highest BCUT2D eigenvalue weighted by Crippen LogP contribution is 2.43. The lowest BCUT2D eigenvalue weighted by molar-refractivity contribution is -0.134. The van der Waals surface area contributed by atoms with Gasteiger partial charge >= 0.3 is 6.09 Å². The SMILES string of the molecule is CC(=O)N(C)[C@@H]1CN(c2ccc(-c3cnc(N4CCN(C(c5ccccc5)(c5ccccc5)c5ccccc5)CC4)nc3)c(F)c2)C(=O)O1. The van der Waals surface area contributed by atoms with Crippen LogP contribution in [0.1, 0.15) is 23.6 Å². The van der Waals surface area contributed by atoms with Gasteiger partial charge < -0.3 is 14.5 Å². The largest absolute Gasteiger partial charge is 0.423 e. The van der Waals surface area contributed by atoms with Crippen LogP contribution in [0.2, 0.25) is 0 Å². The minimum atomic E-state index is -0.734. The Bertz CT molecular complexity index is 1820. The summed E-state index contributed by atoms with van der Waals surface area (Å²) in [6.07, 6.45) is 1.90. The average molecular weight is 657 g/mol. The van der Waals surface area contributed by atoms with Gasteiger partial charge in [-0.1, -0.05) is 91.0 Å². The molecular formula is C39H37FN6O3. The Labute approximate surface area is 285 Å². The molecule has 10 heteroatoms. The van der Waals surface area contributed by atoms with Crippen molar-refractivity contribution in [1.29, 1.82) is 0 Å². The van der Waals surface area contributed by atoms with Gasteiger partial charge in [0.05, 0.1) is 17.8 Å². The molecule has 3 heterocycles. The van der Waals surface area contributed by atoms with E-state index in [1.807, 2.05) is 0 Å². The van der Waals surface area contributed by atoms with Crippen LogP contribution in [-0.4, -0.2) is 77.8 Å². The Kier molecular flexibility index (Phi) is 8.79. The van der Waals surface area contributed by atoms with E-state index < -0.39 is 23.7 Å². The molecule has 0 bridgehead atoms. The van der Waals surface area contributed by atoms with E-state index in [2.05, 4.69) is 111 Å². The van der Waals surface area contributed by atoms with Crippen molar-refractivity contribution in [2.24, 2.45) is 0 Å². The third-order valence-electron chi connectivity index (χ3n) is 9.55. The van der Waals surface area contributed by atoms with Crippen LogP contribution in [0.5, 0.6) is 0 Å². The lowest BCUT2D eigenvalue weighted by Gasteiger charge is -2.49. The molecule has 7 rings (SSSR count). The molecule has 0 aliphatic carbocycles. The van der Waals surface area contributed by atoms with E-state index in [1.54, 1.807) is 31.6 Å². The lowest BCUT2D eigenvalue weighted by atomic mass is 9.75. The summed E-state index contributed by atoms with van der Waals surface area (Å²) >= 11 is 0. The van der Waals surface area contributed by atoms with Crippen molar-refractivity contribution in [2.75, 3.05) is 49.6 Å². The number of likely N-dealkylation sites (N-methyl/N-ethyl adjacent to an activating group) is 1. The fraction of sp³-hybridized carbons (Fsp3) is 0.231. The van der Waals surface area contributed by atoms with Crippen LogP contribution in [-0.2, 0) is 15.1 Å². The van der Waals surface area contributed by atoms with Gasteiger partial charge in [-0.25, -0.2) is 19.2 Å². The third kappa shape index (κ3) is 6.00. The van der Waals surface area contributed by atoms with E-state index in [4.69, 9.17) is 4.74 Å². The maximum Gasteiger partial charge on any atom is 0.416 e. The van der Waals surface area contributed by atoms with Crippen molar-refractivity contribution in [2.45, 2.75) is 18.7 Å². The number of carbonyl (C=O) groups is 2. The number of halogens is 1. The quantitative estimate of drug-likeness (QED) is 0.185. The molecule has 1 atom stereocenters. The summed E-state index contributed by atoms with van der Waals surface area (Å²) in [5, 5.41) is 0. The summed E-state index contributed by atoms with van der Waals surface area (Å²) in [5.74, 6) is -0.158. The Balaban J connectivity index is 1.09. The zero-order valence-electron chi connectivity index (χ0n) is 27.4. The molecule has 2 saturated heterocycles. The maximum absolute atomic E-state index is 15.4. The number of ether oxygens (including phenoxy) is 1. The summed E-state index contributed by atoms with van der Waals surface area (Å²) in [5.41, 5.74) is 4.33. The van der Waals surface area contributed by atoms with E-state index in [0.717, 1.165) is 13.1 Å². The molecule has 5 aromatic rings. The molecule has 2 fully saturated rings. The van der Waals surface area contributed by atoms with E-state index in [-0.39, 0.29) is 12.5 Å². The number of hydrogen-bond acceptors (Lipinski definition) is 7. The average Bonchev–Trinajstić information content (AvgIpc) is 3.54. The van der Waals surface area contributed by atoms with Crippen LogP contribution in [0.25, 0.3) is 11.1 Å². The van der Waals surface area contributed by atoms with E-state index >= 15 is 4.39 Å². The van der Waals surface area contributed by atoms with Gasteiger partial charge in [-0.05, 0) is 34.9 Å². The number of aromatic nitrogens is 2. The number of cyclic esters (lactones) is 1. The third-order valence-corrected chi connectivity index (χ3v) is 9.55. The van der Waals surface area contributed by atoms with Gasteiger partial charge in [-0.2, -0.15) is 0 Å². The molecule has 2 amide bonds. The molecule has 2 aliphatic heterocycles. The number of piperazine rings is 1. The first kappa shape index (κ1) is 32.0. The van der Waals surface area contributed by atoms with E-state index in [0.29, 0.717) is 35.9 Å². The molecule has 248 valence electrons. The molecule has 0 radical (unpaired) electrons. The second-order valence-electron chi connectivity index (χ2n) is 12.3. The van der Waals surface area contributed by atoms with Crippen LogP contribution in [0.3, 0.4) is 0 Å². The van der Waals surface area contributed by atoms with Crippen LogP contribution < -0.4 is 9.80 Å². The second-order valence-corrected chi connectivity index (χ2v) is 12.3. The van der Waals surface area contributed by atoms with Crippen LogP contribution in [0, 0.1) is 5.82 Å². The fourth-order valence-corrected chi connectivity index (χ4v) is 6.92. The smallest absolute Gasteiger partial charge is 0.416 e. The molecule has 49 heavy (non-hydrogen) atoms. The fourth-order valence-electron chi connectivity index (χ4n) is 6.92. The highest BCUT2D eigenvalue weighted by molar-refractivity contribution is 5.90. The van der Waals surface area contributed by atoms with Gasteiger partial charge in [-0.3, -0.25) is 14.6 Å². The van der Waals surface area contributed by atoms with Gasteiger partial charge in [-0.15, -0.1) is 0 Å². The second kappa shape index (κ2) is 13.5.